The Morgan fingerprint density at radius 3 is 2.34 bits per heavy atom. The number of urea groups is 1. The van der Waals surface area contributed by atoms with E-state index in [1.165, 1.54) is 24.3 Å². The van der Waals surface area contributed by atoms with E-state index >= 15 is 0 Å². The SMILES string of the molecule is CC1(C)Cc2c(Cl)ccc(Oc3c(Cl)cc(NC(=O)NC(=O)c4c(F)cccc4Cl)cc3Cl)c2O1. The summed E-state index contributed by atoms with van der Waals surface area (Å²) in [6.45, 7) is 3.87. The van der Waals surface area contributed by atoms with Crippen molar-refractivity contribution in [3.63, 3.8) is 0 Å². The van der Waals surface area contributed by atoms with Gasteiger partial charge >= 0.3 is 6.03 Å². The highest BCUT2D eigenvalue weighted by molar-refractivity contribution is 6.38. The molecule has 0 saturated heterocycles. The van der Waals surface area contributed by atoms with Crippen LogP contribution in [-0.4, -0.2) is 17.5 Å². The van der Waals surface area contributed by atoms with Crippen LogP contribution in [0.1, 0.15) is 29.8 Å². The summed E-state index contributed by atoms with van der Waals surface area (Å²) in [6, 6.07) is 8.88. The van der Waals surface area contributed by atoms with E-state index in [0.717, 1.165) is 11.6 Å². The number of carbonyl (C=O) groups is 2. The first-order valence-corrected chi connectivity index (χ1v) is 11.7. The third kappa shape index (κ3) is 5.43. The van der Waals surface area contributed by atoms with Crippen LogP contribution in [0.25, 0.3) is 0 Å². The first kappa shape index (κ1) is 25.4. The zero-order valence-corrected chi connectivity index (χ0v) is 21.3. The maximum absolute atomic E-state index is 13.9. The number of anilines is 1. The Kier molecular flexibility index (Phi) is 7.06. The Labute approximate surface area is 220 Å². The minimum Gasteiger partial charge on any atom is -0.483 e. The smallest absolute Gasteiger partial charge is 0.326 e. The summed E-state index contributed by atoms with van der Waals surface area (Å²) in [5.74, 6) is -0.865. The number of nitrogens with one attached hydrogen (secondary N) is 2. The highest BCUT2D eigenvalue weighted by Crippen LogP contribution is 2.48. The summed E-state index contributed by atoms with van der Waals surface area (Å²) in [6.07, 6.45) is 0.606. The molecular weight excluding hydrogens is 541 g/mol. The molecule has 3 aromatic rings. The maximum Gasteiger partial charge on any atom is 0.326 e. The van der Waals surface area contributed by atoms with Crippen LogP contribution < -0.4 is 20.1 Å². The molecule has 3 aromatic carbocycles. The molecule has 0 saturated carbocycles. The molecule has 35 heavy (non-hydrogen) atoms. The Morgan fingerprint density at radius 2 is 1.69 bits per heavy atom. The average molecular weight is 558 g/mol. The Morgan fingerprint density at radius 1 is 1.00 bits per heavy atom. The van der Waals surface area contributed by atoms with Crippen molar-refractivity contribution in [3.8, 4) is 17.2 Å². The molecule has 0 aliphatic carbocycles. The van der Waals surface area contributed by atoms with E-state index in [9.17, 15) is 14.0 Å². The number of carbonyl (C=O) groups excluding carboxylic acids is 2. The van der Waals surface area contributed by atoms with Gasteiger partial charge in [0.15, 0.2) is 17.2 Å². The van der Waals surface area contributed by atoms with Gasteiger partial charge < -0.3 is 14.8 Å². The molecule has 0 spiro atoms. The molecule has 11 heteroatoms. The first-order chi connectivity index (χ1) is 16.4. The number of imide groups is 1. The van der Waals surface area contributed by atoms with Gasteiger partial charge in [0.05, 0.1) is 20.6 Å². The van der Waals surface area contributed by atoms with Crippen LogP contribution in [0.2, 0.25) is 20.1 Å². The van der Waals surface area contributed by atoms with Gasteiger partial charge in [-0.3, -0.25) is 10.1 Å². The average Bonchev–Trinajstić information content (AvgIpc) is 3.08. The third-order valence-electron chi connectivity index (χ3n) is 5.03. The third-order valence-corrected chi connectivity index (χ3v) is 6.26. The number of amides is 3. The highest BCUT2D eigenvalue weighted by atomic mass is 35.5. The second-order valence-electron chi connectivity index (χ2n) is 8.27. The van der Waals surface area contributed by atoms with E-state index in [-0.39, 0.29) is 26.5 Å². The van der Waals surface area contributed by atoms with Crippen molar-refractivity contribution in [2.24, 2.45) is 0 Å². The fourth-order valence-corrected chi connectivity index (χ4v) is 4.59. The largest absolute Gasteiger partial charge is 0.483 e. The van der Waals surface area contributed by atoms with Crippen LogP contribution in [0.5, 0.6) is 17.2 Å². The van der Waals surface area contributed by atoms with Gasteiger partial charge in [-0.1, -0.05) is 52.5 Å². The summed E-state index contributed by atoms with van der Waals surface area (Å²) in [5.41, 5.74) is 0.0711. The van der Waals surface area contributed by atoms with E-state index in [0.29, 0.717) is 22.9 Å². The summed E-state index contributed by atoms with van der Waals surface area (Å²) in [7, 11) is 0. The standard InChI is InChI=1S/C24H17Cl4FN2O4/c1-24(2)10-12-13(25)6-7-18(20(12)35-24)34-21-15(27)8-11(9-16(21)28)30-23(33)31-22(32)19-14(26)4-3-5-17(19)29/h3-9H,10H2,1-2H3,(H2,30,31,32,33). The van der Waals surface area contributed by atoms with E-state index < -0.39 is 28.9 Å². The van der Waals surface area contributed by atoms with Gasteiger partial charge in [-0.05, 0) is 50.2 Å². The highest BCUT2D eigenvalue weighted by Gasteiger charge is 2.34. The molecule has 0 atom stereocenters. The number of fused-ring (bicyclic) bond motifs is 1. The van der Waals surface area contributed by atoms with Crippen molar-refractivity contribution < 1.29 is 23.5 Å². The van der Waals surface area contributed by atoms with Crippen LogP contribution in [0, 0.1) is 5.82 Å². The Bertz CT molecular complexity index is 1320. The van der Waals surface area contributed by atoms with Crippen molar-refractivity contribution in [2.45, 2.75) is 25.9 Å². The van der Waals surface area contributed by atoms with Crippen LogP contribution in [0.4, 0.5) is 14.9 Å². The van der Waals surface area contributed by atoms with Gasteiger partial charge in [0.1, 0.15) is 11.4 Å². The van der Waals surface area contributed by atoms with Gasteiger partial charge in [0, 0.05) is 22.7 Å². The zero-order valence-electron chi connectivity index (χ0n) is 18.3. The summed E-state index contributed by atoms with van der Waals surface area (Å²) in [5, 5.41) is 5.00. The molecule has 1 heterocycles. The lowest BCUT2D eigenvalue weighted by molar-refractivity contribution is 0.0963. The van der Waals surface area contributed by atoms with Crippen LogP contribution in [-0.2, 0) is 6.42 Å². The van der Waals surface area contributed by atoms with Gasteiger partial charge in [0.25, 0.3) is 5.91 Å². The molecule has 0 unspecified atom stereocenters. The zero-order chi connectivity index (χ0) is 25.5. The monoisotopic (exact) mass is 556 g/mol. The minimum atomic E-state index is -1.01. The van der Waals surface area contributed by atoms with E-state index in [4.69, 9.17) is 55.9 Å². The molecule has 4 rings (SSSR count). The topological polar surface area (TPSA) is 76.7 Å². The maximum atomic E-state index is 13.9. The lowest BCUT2D eigenvalue weighted by Crippen LogP contribution is -2.35. The van der Waals surface area contributed by atoms with Crippen LogP contribution in [0.3, 0.4) is 0 Å². The molecule has 0 radical (unpaired) electrons. The molecule has 1 aliphatic rings. The Balaban J connectivity index is 1.51. The van der Waals surface area contributed by atoms with E-state index in [1.807, 2.05) is 19.2 Å². The summed E-state index contributed by atoms with van der Waals surface area (Å²) < 4.78 is 25.9. The fraction of sp³-hybridized carbons (Fsp3) is 0.167. The summed E-state index contributed by atoms with van der Waals surface area (Å²) in [4.78, 5) is 24.5. The lowest BCUT2D eigenvalue weighted by atomic mass is 10.0. The molecule has 0 fully saturated rings. The molecule has 2 N–H and O–H groups in total. The number of halogens is 5. The van der Waals surface area contributed by atoms with Crippen molar-refractivity contribution >= 4 is 64.0 Å². The number of rotatable bonds is 4. The quantitative estimate of drug-likeness (QED) is 0.341. The molecule has 1 aliphatic heterocycles. The fourth-order valence-electron chi connectivity index (χ4n) is 3.56. The number of hydrogen-bond acceptors (Lipinski definition) is 4. The molecule has 0 aromatic heterocycles. The second-order valence-corrected chi connectivity index (χ2v) is 9.90. The summed E-state index contributed by atoms with van der Waals surface area (Å²) >= 11 is 24.9. The van der Waals surface area contributed by atoms with Gasteiger partial charge in [-0.25, -0.2) is 9.18 Å². The normalized spacial score (nSPS) is 13.6. The van der Waals surface area contributed by atoms with Crippen LogP contribution >= 0.6 is 46.4 Å². The van der Waals surface area contributed by atoms with E-state index in [2.05, 4.69) is 5.32 Å². The van der Waals surface area contributed by atoms with Crippen molar-refractivity contribution in [3.05, 3.63) is 79.5 Å². The molecule has 0 bridgehead atoms. The molecule has 3 amide bonds. The van der Waals surface area contributed by atoms with Crippen LogP contribution in [0.15, 0.2) is 42.5 Å². The number of benzene rings is 3. The number of hydrogen-bond donors (Lipinski definition) is 2. The van der Waals surface area contributed by atoms with Gasteiger partial charge in [-0.2, -0.15) is 0 Å². The minimum absolute atomic E-state index is 0.0808. The van der Waals surface area contributed by atoms with Gasteiger partial charge in [0.2, 0.25) is 0 Å². The molecule has 182 valence electrons. The van der Waals surface area contributed by atoms with Crippen molar-refractivity contribution in [2.75, 3.05) is 5.32 Å². The predicted molar refractivity (Wildman–Crippen MR) is 134 cm³/mol. The lowest BCUT2D eigenvalue weighted by Gasteiger charge is -2.19. The predicted octanol–water partition coefficient (Wildman–Crippen LogP) is 7.91. The Hall–Kier alpha value is -2.71. The molecule has 6 nitrogen and oxygen atoms in total. The van der Waals surface area contributed by atoms with Crippen molar-refractivity contribution in [1.29, 1.82) is 0 Å². The number of ether oxygens (including phenoxy) is 2. The van der Waals surface area contributed by atoms with Crippen molar-refractivity contribution in [1.82, 2.24) is 5.32 Å². The first-order valence-electron chi connectivity index (χ1n) is 10.2. The van der Waals surface area contributed by atoms with E-state index in [1.54, 1.807) is 12.1 Å². The van der Waals surface area contributed by atoms with Gasteiger partial charge in [-0.15, -0.1) is 0 Å². The second kappa shape index (κ2) is 9.74. The molecular formula is C24H17Cl4FN2O4.